The fourth-order valence-electron chi connectivity index (χ4n) is 2.61. The third-order valence-electron chi connectivity index (χ3n) is 3.40. The summed E-state index contributed by atoms with van der Waals surface area (Å²) in [6.45, 7) is 7.93. The summed E-state index contributed by atoms with van der Waals surface area (Å²) in [4.78, 5) is 13.8. The average Bonchev–Trinajstić information content (AvgIpc) is 2.74. The zero-order valence-electron chi connectivity index (χ0n) is 9.87. The van der Waals surface area contributed by atoms with Crippen molar-refractivity contribution in [2.75, 3.05) is 39.3 Å². The summed E-state index contributed by atoms with van der Waals surface area (Å²) < 4.78 is 0. The highest BCUT2D eigenvalue weighted by atomic mass is 35.5. The molecule has 1 amide bonds. The van der Waals surface area contributed by atoms with Crippen molar-refractivity contribution in [3.63, 3.8) is 0 Å². The Hall–Kier alpha value is -0.320. The predicted octanol–water partition coefficient (Wildman–Crippen LogP) is 0.0856. The van der Waals surface area contributed by atoms with E-state index in [2.05, 4.69) is 22.5 Å². The van der Waals surface area contributed by atoms with Crippen molar-refractivity contribution >= 4 is 18.3 Å². The summed E-state index contributed by atoms with van der Waals surface area (Å²) in [5.74, 6) is 1.75. The first kappa shape index (κ1) is 13.7. The van der Waals surface area contributed by atoms with E-state index < -0.39 is 0 Å². The topological polar surface area (TPSA) is 44.4 Å². The molecule has 2 atom stereocenters. The van der Waals surface area contributed by atoms with Gasteiger partial charge in [-0.25, -0.2) is 0 Å². The zero-order chi connectivity index (χ0) is 10.7. The van der Waals surface area contributed by atoms with Gasteiger partial charge in [0.05, 0.1) is 6.54 Å². The third-order valence-corrected chi connectivity index (χ3v) is 3.40. The standard InChI is InChI=1S/C11H21N3O.ClH/c1-2-3-13-11(15)8-14-6-9-4-12-5-10(9)7-14;/h9-10,12H,2-8H2,1H3,(H,13,15);1H/t9-,10+;. The van der Waals surface area contributed by atoms with E-state index in [4.69, 9.17) is 0 Å². The molecule has 2 N–H and O–H groups in total. The lowest BCUT2D eigenvalue weighted by Gasteiger charge is -2.16. The van der Waals surface area contributed by atoms with E-state index >= 15 is 0 Å². The Labute approximate surface area is 104 Å². The summed E-state index contributed by atoms with van der Waals surface area (Å²) in [5.41, 5.74) is 0. The van der Waals surface area contributed by atoms with Crippen molar-refractivity contribution in [1.82, 2.24) is 15.5 Å². The Morgan fingerprint density at radius 3 is 2.56 bits per heavy atom. The summed E-state index contributed by atoms with van der Waals surface area (Å²) in [6.07, 6.45) is 1.01. The lowest BCUT2D eigenvalue weighted by molar-refractivity contribution is -0.122. The van der Waals surface area contributed by atoms with Gasteiger partial charge in [0.2, 0.25) is 5.91 Å². The molecule has 0 aromatic carbocycles. The number of carbonyl (C=O) groups excluding carboxylic acids is 1. The first-order chi connectivity index (χ1) is 7.29. The Morgan fingerprint density at radius 2 is 2.00 bits per heavy atom. The number of nitrogens with one attached hydrogen (secondary N) is 2. The van der Waals surface area contributed by atoms with E-state index in [0.29, 0.717) is 6.54 Å². The van der Waals surface area contributed by atoms with Gasteiger partial charge in [-0.3, -0.25) is 9.69 Å². The Balaban J connectivity index is 0.00000128. The van der Waals surface area contributed by atoms with Gasteiger partial charge < -0.3 is 10.6 Å². The maximum absolute atomic E-state index is 11.5. The average molecular weight is 248 g/mol. The van der Waals surface area contributed by atoms with Crippen molar-refractivity contribution in [3.05, 3.63) is 0 Å². The molecular formula is C11H22ClN3O. The molecule has 5 heteroatoms. The van der Waals surface area contributed by atoms with Crippen LogP contribution in [-0.2, 0) is 4.79 Å². The van der Waals surface area contributed by atoms with Crippen LogP contribution in [-0.4, -0.2) is 50.1 Å². The molecule has 0 aromatic heterocycles. The molecule has 4 nitrogen and oxygen atoms in total. The molecule has 2 rings (SSSR count). The molecular weight excluding hydrogens is 226 g/mol. The molecule has 0 aromatic rings. The highest BCUT2D eigenvalue weighted by Gasteiger charge is 2.36. The van der Waals surface area contributed by atoms with Gasteiger partial charge in [-0.05, 0) is 31.3 Å². The Bertz CT molecular complexity index is 225. The SMILES string of the molecule is CCCNC(=O)CN1C[C@H]2CNC[C@H]2C1.Cl. The minimum atomic E-state index is 0. The Morgan fingerprint density at radius 1 is 1.38 bits per heavy atom. The van der Waals surface area contributed by atoms with Crippen LogP contribution in [0.5, 0.6) is 0 Å². The number of hydrogen-bond acceptors (Lipinski definition) is 3. The highest BCUT2D eigenvalue weighted by Crippen LogP contribution is 2.25. The van der Waals surface area contributed by atoms with Crippen molar-refractivity contribution in [2.24, 2.45) is 11.8 Å². The molecule has 0 saturated carbocycles. The van der Waals surface area contributed by atoms with Crippen LogP contribution >= 0.6 is 12.4 Å². The number of carbonyl (C=O) groups is 1. The molecule has 2 saturated heterocycles. The van der Waals surface area contributed by atoms with Crippen LogP contribution in [0, 0.1) is 11.8 Å². The van der Waals surface area contributed by atoms with Crippen molar-refractivity contribution < 1.29 is 4.79 Å². The minimum Gasteiger partial charge on any atom is -0.355 e. The van der Waals surface area contributed by atoms with E-state index in [-0.39, 0.29) is 18.3 Å². The zero-order valence-corrected chi connectivity index (χ0v) is 10.7. The number of hydrogen-bond donors (Lipinski definition) is 2. The van der Waals surface area contributed by atoms with Crippen LogP contribution in [0.3, 0.4) is 0 Å². The molecule has 2 aliphatic heterocycles. The van der Waals surface area contributed by atoms with E-state index in [9.17, 15) is 4.79 Å². The fraction of sp³-hybridized carbons (Fsp3) is 0.909. The number of likely N-dealkylation sites (tertiary alicyclic amines) is 1. The van der Waals surface area contributed by atoms with Crippen LogP contribution in [0.25, 0.3) is 0 Å². The van der Waals surface area contributed by atoms with Gasteiger partial charge in [-0.15, -0.1) is 12.4 Å². The molecule has 0 radical (unpaired) electrons. The van der Waals surface area contributed by atoms with Gasteiger partial charge in [0.1, 0.15) is 0 Å². The van der Waals surface area contributed by atoms with Gasteiger partial charge in [-0.2, -0.15) is 0 Å². The summed E-state index contributed by atoms with van der Waals surface area (Å²) >= 11 is 0. The van der Waals surface area contributed by atoms with Crippen LogP contribution in [0.15, 0.2) is 0 Å². The number of nitrogens with zero attached hydrogens (tertiary/aromatic N) is 1. The van der Waals surface area contributed by atoms with E-state index in [1.807, 2.05) is 0 Å². The predicted molar refractivity (Wildman–Crippen MR) is 66.8 cm³/mol. The van der Waals surface area contributed by atoms with Crippen molar-refractivity contribution in [2.45, 2.75) is 13.3 Å². The highest BCUT2D eigenvalue weighted by molar-refractivity contribution is 5.85. The molecule has 0 unspecified atom stereocenters. The maximum Gasteiger partial charge on any atom is 0.234 e. The Kier molecular flexibility index (Phi) is 5.52. The first-order valence-electron chi connectivity index (χ1n) is 5.99. The third kappa shape index (κ3) is 3.34. The van der Waals surface area contributed by atoms with Crippen LogP contribution in [0.1, 0.15) is 13.3 Å². The van der Waals surface area contributed by atoms with Crippen LogP contribution in [0.4, 0.5) is 0 Å². The number of fused-ring (bicyclic) bond motifs is 1. The number of rotatable bonds is 4. The van der Waals surface area contributed by atoms with Gasteiger partial charge in [0.15, 0.2) is 0 Å². The number of halogens is 1. The van der Waals surface area contributed by atoms with Gasteiger partial charge in [0, 0.05) is 19.6 Å². The van der Waals surface area contributed by atoms with Crippen molar-refractivity contribution in [3.8, 4) is 0 Å². The van der Waals surface area contributed by atoms with Gasteiger partial charge in [-0.1, -0.05) is 6.92 Å². The number of amides is 1. The fourth-order valence-corrected chi connectivity index (χ4v) is 2.61. The molecule has 2 aliphatic rings. The van der Waals surface area contributed by atoms with E-state index in [0.717, 1.165) is 51.0 Å². The van der Waals surface area contributed by atoms with E-state index in [1.54, 1.807) is 0 Å². The molecule has 2 fully saturated rings. The summed E-state index contributed by atoms with van der Waals surface area (Å²) in [6, 6.07) is 0. The molecule has 0 bridgehead atoms. The second kappa shape index (κ2) is 6.42. The van der Waals surface area contributed by atoms with E-state index in [1.165, 1.54) is 0 Å². The summed E-state index contributed by atoms with van der Waals surface area (Å²) in [5, 5.41) is 6.33. The molecule has 0 spiro atoms. The first-order valence-corrected chi connectivity index (χ1v) is 5.99. The molecule has 2 heterocycles. The van der Waals surface area contributed by atoms with Crippen molar-refractivity contribution in [1.29, 1.82) is 0 Å². The van der Waals surface area contributed by atoms with Crippen LogP contribution in [0.2, 0.25) is 0 Å². The summed E-state index contributed by atoms with van der Waals surface area (Å²) in [7, 11) is 0. The molecule has 94 valence electrons. The lowest BCUT2D eigenvalue weighted by atomic mass is 10.0. The van der Waals surface area contributed by atoms with Gasteiger partial charge in [0.25, 0.3) is 0 Å². The monoisotopic (exact) mass is 247 g/mol. The molecule has 16 heavy (non-hydrogen) atoms. The second-order valence-corrected chi connectivity index (χ2v) is 4.72. The second-order valence-electron chi connectivity index (χ2n) is 4.72. The lowest BCUT2D eigenvalue weighted by Crippen LogP contribution is -2.37. The van der Waals surface area contributed by atoms with Crippen LogP contribution < -0.4 is 10.6 Å². The minimum absolute atomic E-state index is 0. The smallest absolute Gasteiger partial charge is 0.234 e. The molecule has 0 aliphatic carbocycles. The van der Waals surface area contributed by atoms with Gasteiger partial charge >= 0.3 is 0 Å². The largest absolute Gasteiger partial charge is 0.355 e. The quantitative estimate of drug-likeness (QED) is 0.740. The maximum atomic E-state index is 11.5. The normalized spacial score (nSPS) is 28.6.